The molecule has 1 unspecified atom stereocenters. The number of hydrogen-bond acceptors (Lipinski definition) is 3. The summed E-state index contributed by atoms with van der Waals surface area (Å²) in [5.41, 5.74) is 0.840. The number of aliphatic hydroxyl groups excluding tert-OH is 1. The molecule has 0 saturated carbocycles. The van der Waals surface area contributed by atoms with Crippen molar-refractivity contribution in [3.63, 3.8) is 0 Å². The van der Waals surface area contributed by atoms with E-state index in [0.717, 1.165) is 17.7 Å². The van der Waals surface area contributed by atoms with Crippen LogP contribution in [0.5, 0.6) is 11.5 Å². The second-order valence-corrected chi connectivity index (χ2v) is 4.85. The number of benzene rings is 1. The quantitative estimate of drug-likeness (QED) is 0.684. The van der Waals surface area contributed by atoms with E-state index in [-0.39, 0.29) is 0 Å². The normalized spacial score (nSPS) is 12.2. The van der Waals surface area contributed by atoms with Crippen LogP contribution in [0.15, 0.2) is 18.2 Å². The molecular formula is C16H26O3. The van der Waals surface area contributed by atoms with Gasteiger partial charge in [-0.2, -0.15) is 0 Å². The van der Waals surface area contributed by atoms with Gasteiger partial charge < -0.3 is 14.6 Å². The zero-order valence-corrected chi connectivity index (χ0v) is 12.3. The van der Waals surface area contributed by atoms with Gasteiger partial charge in [-0.3, -0.25) is 0 Å². The number of rotatable bonds is 9. The number of hydrogen-bond donors (Lipinski definition) is 1. The summed E-state index contributed by atoms with van der Waals surface area (Å²) in [6.45, 7) is 4.67. The van der Waals surface area contributed by atoms with Gasteiger partial charge >= 0.3 is 0 Å². The molecule has 0 heterocycles. The van der Waals surface area contributed by atoms with E-state index in [1.54, 1.807) is 14.0 Å². The lowest BCUT2D eigenvalue weighted by Crippen LogP contribution is -2.00. The molecule has 3 nitrogen and oxygen atoms in total. The Labute approximate surface area is 116 Å². The van der Waals surface area contributed by atoms with Crippen LogP contribution in [0.4, 0.5) is 0 Å². The molecule has 1 aromatic carbocycles. The van der Waals surface area contributed by atoms with Gasteiger partial charge in [0.05, 0.1) is 19.8 Å². The predicted molar refractivity (Wildman–Crippen MR) is 77.9 cm³/mol. The average Bonchev–Trinajstić information content (AvgIpc) is 2.42. The van der Waals surface area contributed by atoms with Gasteiger partial charge in [0.25, 0.3) is 0 Å². The fourth-order valence-corrected chi connectivity index (χ4v) is 1.95. The van der Waals surface area contributed by atoms with Crippen LogP contribution >= 0.6 is 0 Å². The number of unbranched alkanes of at least 4 members (excludes halogenated alkanes) is 4. The molecular weight excluding hydrogens is 240 g/mol. The van der Waals surface area contributed by atoms with Crippen LogP contribution in [0.2, 0.25) is 0 Å². The van der Waals surface area contributed by atoms with Crippen molar-refractivity contribution in [2.45, 2.75) is 52.1 Å². The lowest BCUT2D eigenvalue weighted by atomic mass is 10.1. The molecule has 19 heavy (non-hydrogen) atoms. The molecule has 0 radical (unpaired) electrons. The first-order chi connectivity index (χ1) is 9.19. The monoisotopic (exact) mass is 266 g/mol. The summed E-state index contributed by atoms with van der Waals surface area (Å²) in [4.78, 5) is 0. The fraction of sp³-hybridized carbons (Fsp3) is 0.625. The maximum atomic E-state index is 9.53. The Morgan fingerprint density at radius 3 is 2.47 bits per heavy atom. The molecule has 0 bridgehead atoms. The van der Waals surface area contributed by atoms with Crippen molar-refractivity contribution >= 4 is 0 Å². The Hall–Kier alpha value is -1.22. The van der Waals surface area contributed by atoms with Crippen LogP contribution in [0, 0.1) is 0 Å². The van der Waals surface area contributed by atoms with Gasteiger partial charge in [-0.15, -0.1) is 0 Å². The highest BCUT2D eigenvalue weighted by Gasteiger charge is 2.08. The van der Waals surface area contributed by atoms with E-state index in [2.05, 4.69) is 6.92 Å². The van der Waals surface area contributed by atoms with Gasteiger partial charge in [0.15, 0.2) is 11.5 Å². The van der Waals surface area contributed by atoms with Crippen molar-refractivity contribution in [2.24, 2.45) is 0 Å². The summed E-state index contributed by atoms with van der Waals surface area (Å²) < 4.78 is 11.0. The highest BCUT2D eigenvalue weighted by molar-refractivity contribution is 5.43. The summed E-state index contributed by atoms with van der Waals surface area (Å²) in [6.07, 6.45) is 5.63. The first-order valence-electron chi connectivity index (χ1n) is 7.17. The third-order valence-electron chi connectivity index (χ3n) is 3.18. The average molecular weight is 266 g/mol. The molecule has 0 aliphatic rings. The SMILES string of the molecule is CCCCCCCOc1ccc(C(C)O)cc1OC. The first kappa shape index (κ1) is 15.8. The smallest absolute Gasteiger partial charge is 0.161 e. The van der Waals surface area contributed by atoms with Crippen molar-refractivity contribution < 1.29 is 14.6 Å². The maximum Gasteiger partial charge on any atom is 0.161 e. The third kappa shape index (κ3) is 5.52. The molecule has 1 N–H and O–H groups in total. The van der Waals surface area contributed by atoms with Crippen LogP contribution in [-0.2, 0) is 0 Å². The molecule has 0 amide bonds. The molecule has 0 fully saturated rings. The first-order valence-corrected chi connectivity index (χ1v) is 7.17. The summed E-state index contributed by atoms with van der Waals surface area (Å²) in [5.74, 6) is 1.44. The van der Waals surface area contributed by atoms with Crippen LogP contribution in [0.25, 0.3) is 0 Å². The molecule has 3 heteroatoms. The van der Waals surface area contributed by atoms with E-state index in [1.165, 1.54) is 25.7 Å². The molecule has 0 saturated heterocycles. The Bertz CT molecular complexity index is 361. The predicted octanol–water partition coefficient (Wildman–Crippen LogP) is 4.10. The highest BCUT2D eigenvalue weighted by atomic mass is 16.5. The van der Waals surface area contributed by atoms with Crippen LogP contribution < -0.4 is 9.47 Å². The molecule has 1 atom stereocenters. The van der Waals surface area contributed by atoms with Gasteiger partial charge in [-0.1, -0.05) is 38.7 Å². The largest absolute Gasteiger partial charge is 0.493 e. The molecule has 0 aromatic heterocycles. The Morgan fingerprint density at radius 1 is 1.11 bits per heavy atom. The molecule has 0 aliphatic heterocycles. The summed E-state index contributed by atoms with van der Waals surface area (Å²) in [7, 11) is 1.62. The van der Waals surface area contributed by atoms with Gasteiger partial charge in [0.2, 0.25) is 0 Å². The van der Waals surface area contributed by atoms with Crippen molar-refractivity contribution in [1.82, 2.24) is 0 Å². The lowest BCUT2D eigenvalue weighted by Gasteiger charge is -2.13. The Balaban J connectivity index is 2.44. The second kappa shape index (κ2) is 8.81. The zero-order valence-electron chi connectivity index (χ0n) is 12.3. The van der Waals surface area contributed by atoms with Crippen LogP contribution in [0.3, 0.4) is 0 Å². The molecule has 108 valence electrons. The number of aliphatic hydroxyl groups is 1. The lowest BCUT2D eigenvalue weighted by molar-refractivity contribution is 0.198. The molecule has 0 spiro atoms. The van der Waals surface area contributed by atoms with E-state index in [9.17, 15) is 5.11 Å². The van der Waals surface area contributed by atoms with Crippen LogP contribution in [-0.4, -0.2) is 18.8 Å². The highest BCUT2D eigenvalue weighted by Crippen LogP contribution is 2.30. The van der Waals surface area contributed by atoms with Gasteiger partial charge in [-0.05, 0) is 31.0 Å². The van der Waals surface area contributed by atoms with E-state index in [0.29, 0.717) is 12.4 Å². The van der Waals surface area contributed by atoms with Crippen molar-refractivity contribution in [3.05, 3.63) is 23.8 Å². The second-order valence-electron chi connectivity index (χ2n) is 4.85. The molecule has 1 aromatic rings. The number of methoxy groups -OCH3 is 1. The van der Waals surface area contributed by atoms with Crippen LogP contribution in [0.1, 0.15) is 57.6 Å². The minimum Gasteiger partial charge on any atom is -0.493 e. The molecule has 1 rings (SSSR count). The van der Waals surface area contributed by atoms with E-state index in [1.807, 2.05) is 18.2 Å². The topological polar surface area (TPSA) is 38.7 Å². The summed E-state index contributed by atoms with van der Waals surface area (Å²) in [5, 5.41) is 9.53. The Kier molecular flexibility index (Phi) is 7.34. The zero-order chi connectivity index (χ0) is 14.1. The van der Waals surface area contributed by atoms with Crippen molar-refractivity contribution in [2.75, 3.05) is 13.7 Å². The minimum atomic E-state index is -0.489. The molecule has 0 aliphatic carbocycles. The van der Waals surface area contributed by atoms with Crippen molar-refractivity contribution in [3.8, 4) is 11.5 Å². The van der Waals surface area contributed by atoms with Crippen molar-refractivity contribution in [1.29, 1.82) is 0 Å². The summed E-state index contributed by atoms with van der Waals surface area (Å²) in [6, 6.07) is 5.57. The van der Waals surface area contributed by atoms with Gasteiger partial charge in [0.1, 0.15) is 0 Å². The third-order valence-corrected chi connectivity index (χ3v) is 3.18. The fourth-order valence-electron chi connectivity index (χ4n) is 1.95. The standard InChI is InChI=1S/C16H26O3/c1-4-5-6-7-8-11-19-15-10-9-14(13(2)17)12-16(15)18-3/h9-10,12-13,17H,4-8,11H2,1-3H3. The number of ether oxygens (including phenoxy) is 2. The van der Waals surface area contributed by atoms with E-state index >= 15 is 0 Å². The van der Waals surface area contributed by atoms with Gasteiger partial charge in [-0.25, -0.2) is 0 Å². The minimum absolute atomic E-state index is 0.489. The van der Waals surface area contributed by atoms with Gasteiger partial charge in [0, 0.05) is 0 Å². The summed E-state index contributed by atoms with van der Waals surface area (Å²) >= 11 is 0. The van der Waals surface area contributed by atoms with E-state index < -0.39 is 6.10 Å². The maximum absolute atomic E-state index is 9.53. The van der Waals surface area contributed by atoms with E-state index in [4.69, 9.17) is 9.47 Å². The Morgan fingerprint density at radius 2 is 1.84 bits per heavy atom.